The molecule has 20 heavy (non-hydrogen) atoms. The van der Waals surface area contributed by atoms with Crippen molar-refractivity contribution in [2.45, 2.75) is 32.2 Å². The minimum Gasteiger partial charge on any atom is -0.478 e. The third kappa shape index (κ3) is 3.14. The molecule has 2 N–H and O–H groups in total. The van der Waals surface area contributed by atoms with E-state index in [1.165, 1.54) is 12.1 Å². The number of carboxylic acids is 1. The fourth-order valence-corrected chi connectivity index (χ4v) is 2.28. The Balaban J connectivity index is 2.13. The van der Waals surface area contributed by atoms with E-state index in [1.54, 1.807) is 6.92 Å². The Morgan fingerprint density at radius 2 is 2.20 bits per heavy atom. The van der Waals surface area contributed by atoms with Gasteiger partial charge in [-0.2, -0.15) is 0 Å². The van der Waals surface area contributed by atoms with Crippen molar-refractivity contribution in [1.29, 1.82) is 0 Å². The quantitative estimate of drug-likeness (QED) is 0.872. The SMILES string of the molecule is Cc1nc(C(=O)NC2(C)CCCOC2)ccc1C(=O)O. The number of nitrogens with one attached hydrogen (secondary N) is 1. The predicted octanol–water partition coefficient (Wildman–Crippen LogP) is 1.39. The number of amides is 1. The number of pyridine rings is 1. The van der Waals surface area contributed by atoms with Crippen LogP contribution in [0.1, 0.15) is 46.3 Å². The van der Waals surface area contributed by atoms with Gasteiger partial charge in [-0.15, -0.1) is 0 Å². The van der Waals surface area contributed by atoms with Crippen LogP contribution in [0.4, 0.5) is 0 Å². The fraction of sp³-hybridized carbons (Fsp3) is 0.500. The van der Waals surface area contributed by atoms with E-state index < -0.39 is 11.5 Å². The Hall–Kier alpha value is -1.95. The first-order valence-electron chi connectivity index (χ1n) is 6.52. The van der Waals surface area contributed by atoms with Crippen LogP contribution in [-0.2, 0) is 4.74 Å². The number of ether oxygens (including phenoxy) is 1. The third-order valence-electron chi connectivity index (χ3n) is 3.40. The third-order valence-corrected chi connectivity index (χ3v) is 3.40. The van der Waals surface area contributed by atoms with Crippen molar-refractivity contribution in [2.75, 3.05) is 13.2 Å². The van der Waals surface area contributed by atoms with E-state index in [4.69, 9.17) is 9.84 Å². The molecule has 0 aromatic carbocycles. The van der Waals surface area contributed by atoms with Crippen LogP contribution in [0.2, 0.25) is 0 Å². The van der Waals surface area contributed by atoms with Crippen LogP contribution in [0.5, 0.6) is 0 Å². The molecule has 0 saturated carbocycles. The summed E-state index contributed by atoms with van der Waals surface area (Å²) in [4.78, 5) is 27.1. The number of aromatic carboxylic acids is 1. The maximum absolute atomic E-state index is 12.2. The molecule has 1 aromatic heterocycles. The summed E-state index contributed by atoms with van der Waals surface area (Å²) in [6.07, 6.45) is 1.76. The van der Waals surface area contributed by atoms with Crippen molar-refractivity contribution in [3.63, 3.8) is 0 Å². The van der Waals surface area contributed by atoms with Crippen molar-refractivity contribution in [3.8, 4) is 0 Å². The van der Waals surface area contributed by atoms with Crippen molar-refractivity contribution < 1.29 is 19.4 Å². The van der Waals surface area contributed by atoms with Gasteiger partial charge in [0, 0.05) is 6.61 Å². The highest BCUT2D eigenvalue weighted by Gasteiger charge is 2.30. The molecule has 6 heteroatoms. The highest BCUT2D eigenvalue weighted by molar-refractivity contribution is 5.94. The van der Waals surface area contributed by atoms with Gasteiger partial charge in [0.2, 0.25) is 0 Å². The minimum absolute atomic E-state index is 0.105. The first-order valence-corrected chi connectivity index (χ1v) is 6.52. The number of nitrogens with zero attached hydrogens (tertiary/aromatic N) is 1. The molecule has 0 bridgehead atoms. The fourth-order valence-electron chi connectivity index (χ4n) is 2.28. The van der Waals surface area contributed by atoms with Gasteiger partial charge in [-0.3, -0.25) is 4.79 Å². The van der Waals surface area contributed by atoms with Crippen molar-refractivity contribution in [1.82, 2.24) is 10.3 Å². The molecule has 1 saturated heterocycles. The summed E-state index contributed by atoms with van der Waals surface area (Å²) in [5, 5.41) is 11.9. The Labute approximate surface area is 117 Å². The van der Waals surface area contributed by atoms with Crippen molar-refractivity contribution in [3.05, 3.63) is 29.1 Å². The number of carboxylic acid groups (broad SMARTS) is 1. The van der Waals surface area contributed by atoms with Gasteiger partial charge in [-0.25, -0.2) is 9.78 Å². The van der Waals surface area contributed by atoms with Crippen LogP contribution >= 0.6 is 0 Å². The second-order valence-corrected chi connectivity index (χ2v) is 5.31. The molecule has 0 aliphatic carbocycles. The van der Waals surface area contributed by atoms with Gasteiger partial charge in [0.25, 0.3) is 5.91 Å². The van der Waals surface area contributed by atoms with E-state index in [9.17, 15) is 9.59 Å². The summed E-state index contributed by atoms with van der Waals surface area (Å²) in [6.45, 7) is 4.70. The molecular formula is C14H18N2O4. The lowest BCUT2D eigenvalue weighted by atomic mass is 9.94. The first-order chi connectivity index (χ1) is 9.41. The lowest BCUT2D eigenvalue weighted by Gasteiger charge is -2.34. The molecule has 1 unspecified atom stereocenters. The second kappa shape index (κ2) is 5.58. The molecule has 0 radical (unpaired) electrons. The van der Waals surface area contributed by atoms with E-state index in [0.717, 1.165) is 19.4 Å². The Morgan fingerprint density at radius 1 is 1.45 bits per heavy atom. The van der Waals surface area contributed by atoms with E-state index in [-0.39, 0.29) is 17.2 Å². The van der Waals surface area contributed by atoms with E-state index in [0.29, 0.717) is 12.3 Å². The minimum atomic E-state index is -1.05. The average molecular weight is 278 g/mol. The molecule has 1 amide bonds. The summed E-state index contributed by atoms with van der Waals surface area (Å²) in [6, 6.07) is 2.83. The van der Waals surface area contributed by atoms with Crippen LogP contribution in [0, 0.1) is 6.92 Å². The predicted molar refractivity (Wildman–Crippen MR) is 71.9 cm³/mol. The van der Waals surface area contributed by atoms with Gasteiger partial charge >= 0.3 is 5.97 Å². The van der Waals surface area contributed by atoms with Crippen LogP contribution in [0.25, 0.3) is 0 Å². The first kappa shape index (κ1) is 14.5. The summed E-state index contributed by atoms with van der Waals surface area (Å²) in [7, 11) is 0. The Kier molecular flexibility index (Phi) is 4.04. The molecule has 1 aliphatic heterocycles. The normalized spacial score (nSPS) is 22.3. The van der Waals surface area contributed by atoms with Gasteiger partial charge in [0.05, 0.1) is 23.4 Å². The summed E-state index contributed by atoms with van der Waals surface area (Å²) in [5.41, 5.74) is 0.263. The van der Waals surface area contributed by atoms with Gasteiger partial charge < -0.3 is 15.2 Å². The molecule has 1 aromatic rings. The van der Waals surface area contributed by atoms with Gasteiger partial charge in [-0.1, -0.05) is 0 Å². The molecule has 2 rings (SSSR count). The molecule has 1 aliphatic rings. The highest BCUT2D eigenvalue weighted by Crippen LogP contribution is 2.19. The standard InChI is InChI=1S/C14H18N2O4/c1-9-10(13(18)19)4-5-11(15-9)12(17)16-14(2)6-3-7-20-8-14/h4-5H,3,6-8H2,1-2H3,(H,16,17)(H,18,19). The molecular weight excluding hydrogens is 260 g/mol. The molecule has 0 spiro atoms. The highest BCUT2D eigenvalue weighted by atomic mass is 16.5. The number of aryl methyl sites for hydroxylation is 1. The largest absolute Gasteiger partial charge is 0.478 e. The van der Waals surface area contributed by atoms with E-state index in [1.807, 2.05) is 6.92 Å². The molecule has 2 heterocycles. The van der Waals surface area contributed by atoms with Crippen LogP contribution in [0.15, 0.2) is 12.1 Å². The second-order valence-electron chi connectivity index (χ2n) is 5.31. The van der Waals surface area contributed by atoms with Crippen LogP contribution < -0.4 is 5.32 Å². The number of rotatable bonds is 3. The maximum Gasteiger partial charge on any atom is 0.337 e. The number of aromatic nitrogens is 1. The topological polar surface area (TPSA) is 88.5 Å². The van der Waals surface area contributed by atoms with Gasteiger partial charge in [-0.05, 0) is 38.8 Å². The molecule has 108 valence electrons. The van der Waals surface area contributed by atoms with Gasteiger partial charge in [0.15, 0.2) is 0 Å². The number of hydrogen-bond acceptors (Lipinski definition) is 4. The smallest absolute Gasteiger partial charge is 0.337 e. The van der Waals surface area contributed by atoms with E-state index >= 15 is 0 Å². The van der Waals surface area contributed by atoms with E-state index in [2.05, 4.69) is 10.3 Å². The summed E-state index contributed by atoms with van der Waals surface area (Å²) in [5.74, 6) is -1.35. The Bertz CT molecular complexity index is 536. The molecule has 1 fully saturated rings. The monoisotopic (exact) mass is 278 g/mol. The average Bonchev–Trinajstić information content (AvgIpc) is 2.38. The summed E-state index contributed by atoms with van der Waals surface area (Å²) < 4.78 is 5.38. The van der Waals surface area contributed by atoms with Crippen LogP contribution in [-0.4, -0.2) is 40.7 Å². The number of hydrogen-bond donors (Lipinski definition) is 2. The lowest BCUT2D eigenvalue weighted by molar-refractivity contribution is 0.0271. The summed E-state index contributed by atoms with van der Waals surface area (Å²) >= 11 is 0. The maximum atomic E-state index is 12.2. The van der Waals surface area contributed by atoms with Crippen molar-refractivity contribution >= 4 is 11.9 Å². The lowest BCUT2D eigenvalue weighted by Crippen LogP contribution is -2.51. The zero-order valence-electron chi connectivity index (χ0n) is 11.6. The zero-order chi connectivity index (χ0) is 14.8. The Morgan fingerprint density at radius 3 is 2.75 bits per heavy atom. The van der Waals surface area contributed by atoms with Gasteiger partial charge in [0.1, 0.15) is 5.69 Å². The number of carbonyl (C=O) groups excluding carboxylic acids is 1. The number of carbonyl (C=O) groups is 2. The molecule has 1 atom stereocenters. The molecule has 6 nitrogen and oxygen atoms in total. The zero-order valence-corrected chi connectivity index (χ0v) is 11.6. The van der Waals surface area contributed by atoms with Crippen LogP contribution in [0.3, 0.4) is 0 Å². The van der Waals surface area contributed by atoms with Crippen molar-refractivity contribution in [2.24, 2.45) is 0 Å².